The molecular formula is C14H20N2O3S. The van der Waals surface area contributed by atoms with Gasteiger partial charge in [-0.15, -0.1) is 11.3 Å². The van der Waals surface area contributed by atoms with Crippen molar-refractivity contribution in [1.29, 1.82) is 0 Å². The quantitative estimate of drug-likeness (QED) is 0.819. The van der Waals surface area contributed by atoms with E-state index in [1.165, 1.54) is 11.3 Å². The Hall–Kier alpha value is -1.69. The van der Waals surface area contributed by atoms with E-state index in [0.717, 1.165) is 5.01 Å². The molecule has 6 heteroatoms. The highest BCUT2D eigenvalue weighted by molar-refractivity contribution is 7.10. The largest absolute Gasteiger partial charge is 0.480 e. The van der Waals surface area contributed by atoms with Gasteiger partial charge in [0, 0.05) is 10.8 Å². The summed E-state index contributed by atoms with van der Waals surface area (Å²) in [5, 5.41) is 14.1. The van der Waals surface area contributed by atoms with Crippen molar-refractivity contribution in [3.8, 4) is 0 Å². The highest BCUT2D eigenvalue weighted by Crippen LogP contribution is 2.25. The molecule has 0 bridgehead atoms. The van der Waals surface area contributed by atoms with Gasteiger partial charge in [0.05, 0.1) is 5.01 Å². The molecule has 1 amide bonds. The SMILES string of the molecule is C/C=C/CC(NC(=O)c1csc(C(C)(C)C)n1)C(=O)O. The Balaban J connectivity index is 2.79. The van der Waals surface area contributed by atoms with Crippen molar-refractivity contribution >= 4 is 23.2 Å². The van der Waals surface area contributed by atoms with Gasteiger partial charge in [0.25, 0.3) is 5.91 Å². The minimum absolute atomic E-state index is 0.125. The van der Waals surface area contributed by atoms with Crippen molar-refractivity contribution in [2.75, 3.05) is 0 Å². The molecular weight excluding hydrogens is 276 g/mol. The van der Waals surface area contributed by atoms with Gasteiger partial charge >= 0.3 is 5.97 Å². The Morgan fingerprint density at radius 1 is 1.50 bits per heavy atom. The van der Waals surface area contributed by atoms with Crippen LogP contribution in [0.5, 0.6) is 0 Å². The first-order valence-electron chi connectivity index (χ1n) is 6.36. The molecule has 110 valence electrons. The minimum Gasteiger partial charge on any atom is -0.480 e. The second-order valence-electron chi connectivity index (χ2n) is 5.46. The van der Waals surface area contributed by atoms with Crippen LogP contribution in [0.4, 0.5) is 0 Å². The lowest BCUT2D eigenvalue weighted by Gasteiger charge is -2.14. The average molecular weight is 296 g/mol. The van der Waals surface area contributed by atoms with Crippen LogP contribution < -0.4 is 5.32 Å². The number of nitrogens with zero attached hydrogens (tertiary/aromatic N) is 1. The number of hydrogen-bond acceptors (Lipinski definition) is 4. The van der Waals surface area contributed by atoms with Crippen LogP contribution in [0.15, 0.2) is 17.5 Å². The highest BCUT2D eigenvalue weighted by Gasteiger charge is 2.23. The van der Waals surface area contributed by atoms with Gasteiger partial charge in [0.1, 0.15) is 11.7 Å². The summed E-state index contributed by atoms with van der Waals surface area (Å²) < 4.78 is 0. The van der Waals surface area contributed by atoms with E-state index in [1.807, 2.05) is 20.8 Å². The summed E-state index contributed by atoms with van der Waals surface area (Å²) in [7, 11) is 0. The molecule has 1 aromatic rings. The van der Waals surface area contributed by atoms with Gasteiger partial charge in [-0.05, 0) is 13.3 Å². The standard InChI is InChI=1S/C14H20N2O3S/c1-5-6-7-9(12(18)19)15-11(17)10-8-20-13(16-10)14(2,3)4/h5-6,8-9H,7H2,1-4H3,(H,15,17)(H,18,19)/b6-5+. The first-order valence-corrected chi connectivity index (χ1v) is 7.24. The Morgan fingerprint density at radius 2 is 2.15 bits per heavy atom. The summed E-state index contributed by atoms with van der Waals surface area (Å²) in [4.78, 5) is 27.3. The van der Waals surface area contributed by atoms with Crippen LogP contribution in [0.25, 0.3) is 0 Å². The number of carbonyl (C=O) groups excluding carboxylic acids is 1. The number of aromatic nitrogens is 1. The van der Waals surface area contributed by atoms with Gasteiger partial charge in [0.2, 0.25) is 0 Å². The number of amides is 1. The number of allylic oxidation sites excluding steroid dienone is 1. The van der Waals surface area contributed by atoms with E-state index in [9.17, 15) is 9.59 Å². The van der Waals surface area contributed by atoms with E-state index in [-0.39, 0.29) is 17.5 Å². The number of carbonyl (C=O) groups is 2. The maximum Gasteiger partial charge on any atom is 0.326 e. The first-order chi connectivity index (χ1) is 9.25. The summed E-state index contributed by atoms with van der Waals surface area (Å²) in [5.74, 6) is -1.50. The molecule has 1 heterocycles. The fourth-order valence-corrected chi connectivity index (χ4v) is 2.34. The average Bonchev–Trinajstić information content (AvgIpc) is 2.83. The third kappa shape index (κ3) is 4.45. The van der Waals surface area contributed by atoms with E-state index in [0.29, 0.717) is 0 Å². The Labute approximate surface area is 122 Å². The van der Waals surface area contributed by atoms with Crippen molar-refractivity contribution in [1.82, 2.24) is 10.3 Å². The number of hydrogen-bond donors (Lipinski definition) is 2. The lowest BCUT2D eigenvalue weighted by Crippen LogP contribution is -2.40. The van der Waals surface area contributed by atoms with Gasteiger partial charge in [-0.1, -0.05) is 32.9 Å². The smallest absolute Gasteiger partial charge is 0.326 e. The normalized spacial score (nSPS) is 13.4. The third-order valence-corrected chi connectivity index (χ3v) is 3.86. The maximum atomic E-state index is 12.0. The topological polar surface area (TPSA) is 79.3 Å². The predicted octanol–water partition coefficient (Wildman–Crippen LogP) is 2.59. The summed E-state index contributed by atoms with van der Waals surface area (Å²) in [6, 6.07) is -0.932. The number of carboxylic acids is 1. The zero-order chi connectivity index (χ0) is 15.3. The molecule has 20 heavy (non-hydrogen) atoms. The zero-order valence-electron chi connectivity index (χ0n) is 12.1. The number of nitrogens with one attached hydrogen (secondary N) is 1. The Kier molecular flexibility index (Phi) is 5.44. The van der Waals surface area contributed by atoms with E-state index >= 15 is 0 Å². The molecule has 0 aromatic carbocycles. The van der Waals surface area contributed by atoms with Gasteiger partial charge in [-0.3, -0.25) is 4.79 Å². The molecule has 0 aliphatic heterocycles. The molecule has 1 atom stereocenters. The van der Waals surface area contributed by atoms with E-state index < -0.39 is 17.9 Å². The molecule has 5 nitrogen and oxygen atoms in total. The molecule has 0 fully saturated rings. The molecule has 0 aliphatic carbocycles. The second-order valence-corrected chi connectivity index (χ2v) is 6.32. The summed E-state index contributed by atoms with van der Waals surface area (Å²) in [5.41, 5.74) is 0.145. The van der Waals surface area contributed by atoms with Crippen molar-refractivity contribution in [2.45, 2.75) is 45.6 Å². The molecule has 2 N–H and O–H groups in total. The number of thiazole rings is 1. The molecule has 0 saturated carbocycles. The molecule has 0 saturated heterocycles. The van der Waals surface area contributed by atoms with Crippen LogP contribution in [-0.2, 0) is 10.2 Å². The van der Waals surface area contributed by atoms with E-state index in [4.69, 9.17) is 5.11 Å². The van der Waals surface area contributed by atoms with Gasteiger partial charge in [0.15, 0.2) is 0 Å². The van der Waals surface area contributed by atoms with Gasteiger partial charge in [-0.2, -0.15) is 0 Å². The molecule has 0 spiro atoms. The molecule has 0 radical (unpaired) electrons. The van der Waals surface area contributed by atoms with E-state index in [2.05, 4.69) is 10.3 Å². The van der Waals surface area contributed by atoms with Gasteiger partial charge in [-0.25, -0.2) is 9.78 Å². The predicted molar refractivity (Wildman–Crippen MR) is 79.1 cm³/mol. The first kappa shape index (κ1) is 16.4. The van der Waals surface area contributed by atoms with Crippen LogP contribution in [0, 0.1) is 0 Å². The summed E-state index contributed by atoms with van der Waals surface area (Å²) in [6.07, 6.45) is 3.72. The van der Waals surface area contributed by atoms with Crippen LogP contribution in [0.2, 0.25) is 0 Å². The van der Waals surface area contributed by atoms with Crippen LogP contribution in [-0.4, -0.2) is 28.0 Å². The van der Waals surface area contributed by atoms with Crippen molar-refractivity contribution in [3.63, 3.8) is 0 Å². The molecule has 1 rings (SSSR count). The number of rotatable bonds is 5. The van der Waals surface area contributed by atoms with E-state index in [1.54, 1.807) is 24.5 Å². The monoisotopic (exact) mass is 296 g/mol. The van der Waals surface area contributed by atoms with Crippen LogP contribution in [0.3, 0.4) is 0 Å². The Morgan fingerprint density at radius 3 is 2.60 bits per heavy atom. The van der Waals surface area contributed by atoms with Crippen LogP contribution in [0.1, 0.15) is 49.6 Å². The highest BCUT2D eigenvalue weighted by atomic mass is 32.1. The maximum absolute atomic E-state index is 12.0. The molecule has 1 aromatic heterocycles. The van der Waals surface area contributed by atoms with Crippen LogP contribution >= 0.6 is 11.3 Å². The molecule has 0 aliphatic rings. The van der Waals surface area contributed by atoms with Crippen molar-refractivity contribution < 1.29 is 14.7 Å². The second kappa shape index (κ2) is 6.65. The lowest BCUT2D eigenvalue weighted by atomic mass is 9.98. The third-order valence-electron chi connectivity index (χ3n) is 2.59. The fourth-order valence-electron chi connectivity index (χ4n) is 1.45. The fraction of sp³-hybridized carbons (Fsp3) is 0.500. The summed E-state index contributed by atoms with van der Waals surface area (Å²) in [6.45, 7) is 7.84. The Bertz CT molecular complexity index is 515. The number of aliphatic carboxylic acids is 1. The lowest BCUT2D eigenvalue weighted by molar-refractivity contribution is -0.139. The minimum atomic E-state index is -1.05. The van der Waals surface area contributed by atoms with Crippen molar-refractivity contribution in [2.24, 2.45) is 0 Å². The van der Waals surface area contributed by atoms with Gasteiger partial charge < -0.3 is 10.4 Å². The van der Waals surface area contributed by atoms with Crippen molar-refractivity contribution in [3.05, 3.63) is 28.2 Å². The molecule has 1 unspecified atom stereocenters. The summed E-state index contributed by atoms with van der Waals surface area (Å²) >= 11 is 1.40. The number of carboxylic acid groups (broad SMARTS) is 1. The zero-order valence-corrected chi connectivity index (χ0v) is 13.0.